The molecule has 1 heterocycles. The minimum Gasteiger partial charge on any atom is -0.465 e. The number of halogens is 1. The minimum absolute atomic E-state index is 0. The summed E-state index contributed by atoms with van der Waals surface area (Å²) in [6.07, 6.45) is 0. The van der Waals surface area contributed by atoms with Crippen LogP contribution in [0.5, 0.6) is 0 Å². The highest BCUT2D eigenvalue weighted by atomic mass is 35.5. The number of fused-ring (bicyclic) bond motifs is 1. The highest BCUT2D eigenvalue weighted by Gasteiger charge is 2.22. The lowest BCUT2D eigenvalue weighted by Gasteiger charge is -2.22. The number of aromatic nitrogens is 1. The molecule has 0 atom stereocenters. The number of carbonyl (C=O) groups excluding carboxylic acids is 2. The standard InChI is InChI=1S/C26H25N5O3S.ClH/c1-2-34-24(32)16-31(20-6-4-3-5-7-20)26(33)18-10-13-22-21(14-18)30-23(35-22)15-29-19-11-8-17(9-12-19)25(27)28;/h3-14,29H,2,15-16H2,1H3,(H3,27,28);1H. The number of nitrogens with two attached hydrogens (primary N) is 1. The molecule has 1 amide bonds. The van der Waals surface area contributed by atoms with E-state index in [0.717, 1.165) is 15.4 Å². The molecule has 0 aliphatic carbocycles. The number of ether oxygens (including phenoxy) is 1. The Labute approximate surface area is 219 Å². The number of benzene rings is 3. The maximum Gasteiger partial charge on any atom is 0.326 e. The number of nitrogens with zero attached hydrogens (tertiary/aromatic N) is 2. The van der Waals surface area contributed by atoms with Gasteiger partial charge in [0, 0.05) is 22.5 Å². The fraction of sp³-hybridized carbons (Fsp3) is 0.154. The van der Waals surface area contributed by atoms with Crippen molar-refractivity contribution in [3.63, 3.8) is 0 Å². The van der Waals surface area contributed by atoms with Crippen LogP contribution in [0.1, 0.15) is 27.9 Å². The van der Waals surface area contributed by atoms with Crippen LogP contribution in [0.2, 0.25) is 0 Å². The van der Waals surface area contributed by atoms with E-state index in [0.29, 0.717) is 28.9 Å². The number of nitrogens with one attached hydrogen (secondary N) is 2. The molecule has 0 unspecified atom stereocenters. The zero-order valence-corrected chi connectivity index (χ0v) is 21.2. The molecule has 0 saturated heterocycles. The predicted molar refractivity (Wildman–Crippen MR) is 146 cm³/mol. The summed E-state index contributed by atoms with van der Waals surface area (Å²) < 4.78 is 6.03. The molecule has 4 N–H and O–H groups in total. The van der Waals surface area contributed by atoms with Gasteiger partial charge in [-0.1, -0.05) is 18.2 Å². The first-order chi connectivity index (χ1) is 16.9. The normalized spacial score (nSPS) is 10.4. The van der Waals surface area contributed by atoms with Crippen LogP contribution in [0.3, 0.4) is 0 Å². The number of anilines is 2. The van der Waals surface area contributed by atoms with Gasteiger partial charge in [0.05, 0.1) is 23.4 Å². The fourth-order valence-corrected chi connectivity index (χ4v) is 4.40. The lowest BCUT2D eigenvalue weighted by Crippen LogP contribution is -2.36. The van der Waals surface area contributed by atoms with Crippen molar-refractivity contribution >= 4 is 63.0 Å². The second-order valence-electron chi connectivity index (χ2n) is 7.67. The van der Waals surface area contributed by atoms with Gasteiger partial charge in [0.1, 0.15) is 17.4 Å². The smallest absolute Gasteiger partial charge is 0.326 e. The maximum atomic E-state index is 13.4. The Hall–Kier alpha value is -3.95. The minimum atomic E-state index is -0.468. The van der Waals surface area contributed by atoms with Gasteiger partial charge >= 0.3 is 5.97 Å². The molecule has 186 valence electrons. The van der Waals surface area contributed by atoms with Crippen LogP contribution in [0, 0.1) is 5.41 Å². The molecular weight excluding hydrogens is 498 g/mol. The van der Waals surface area contributed by atoms with Crippen LogP contribution in [0.25, 0.3) is 10.2 Å². The van der Waals surface area contributed by atoms with Crippen molar-refractivity contribution in [3.05, 3.63) is 88.9 Å². The van der Waals surface area contributed by atoms with E-state index < -0.39 is 5.97 Å². The SMILES string of the molecule is CCOC(=O)CN(C(=O)c1ccc2sc(CNc3ccc(C(=N)N)cc3)nc2c1)c1ccccc1.Cl. The first-order valence-corrected chi connectivity index (χ1v) is 11.9. The second kappa shape index (κ2) is 12.1. The fourth-order valence-electron chi connectivity index (χ4n) is 3.51. The number of rotatable bonds is 9. The summed E-state index contributed by atoms with van der Waals surface area (Å²) in [6, 6.07) is 21.7. The molecule has 1 aromatic heterocycles. The summed E-state index contributed by atoms with van der Waals surface area (Å²) >= 11 is 1.54. The molecule has 0 radical (unpaired) electrons. The van der Waals surface area contributed by atoms with Gasteiger partial charge < -0.3 is 15.8 Å². The van der Waals surface area contributed by atoms with Crippen LogP contribution in [0.15, 0.2) is 72.8 Å². The number of hydrogen-bond acceptors (Lipinski definition) is 7. The summed E-state index contributed by atoms with van der Waals surface area (Å²) in [5.41, 5.74) is 8.83. The van der Waals surface area contributed by atoms with Crippen LogP contribution >= 0.6 is 23.7 Å². The highest BCUT2D eigenvalue weighted by molar-refractivity contribution is 7.18. The Bertz CT molecular complexity index is 1360. The van der Waals surface area contributed by atoms with Gasteiger partial charge in [-0.3, -0.25) is 19.9 Å². The van der Waals surface area contributed by atoms with E-state index in [2.05, 4.69) is 10.3 Å². The summed E-state index contributed by atoms with van der Waals surface area (Å²) in [7, 11) is 0. The number of nitrogen functional groups attached to an aromatic ring is 1. The number of thiazole rings is 1. The van der Waals surface area contributed by atoms with E-state index >= 15 is 0 Å². The molecule has 4 aromatic rings. The topological polar surface area (TPSA) is 121 Å². The van der Waals surface area contributed by atoms with Gasteiger partial charge in [-0.05, 0) is 61.5 Å². The van der Waals surface area contributed by atoms with Crippen molar-refractivity contribution in [1.82, 2.24) is 4.98 Å². The highest BCUT2D eigenvalue weighted by Crippen LogP contribution is 2.26. The first kappa shape index (κ1) is 26.7. The van der Waals surface area contributed by atoms with Crippen LogP contribution in [-0.4, -0.2) is 35.8 Å². The van der Waals surface area contributed by atoms with Crippen molar-refractivity contribution in [2.45, 2.75) is 13.5 Å². The van der Waals surface area contributed by atoms with Crippen molar-refractivity contribution < 1.29 is 14.3 Å². The molecule has 0 saturated carbocycles. The summed E-state index contributed by atoms with van der Waals surface area (Å²) in [5.74, 6) is -0.741. The Kier molecular flexibility index (Phi) is 8.99. The third-order valence-corrected chi connectivity index (χ3v) is 6.26. The van der Waals surface area contributed by atoms with Crippen molar-refractivity contribution in [2.75, 3.05) is 23.4 Å². The summed E-state index contributed by atoms with van der Waals surface area (Å²) in [5, 5.41) is 11.7. The number of amides is 1. The van der Waals surface area contributed by atoms with E-state index in [1.54, 1.807) is 54.7 Å². The van der Waals surface area contributed by atoms with E-state index in [1.165, 1.54) is 4.90 Å². The van der Waals surface area contributed by atoms with Crippen LogP contribution in [-0.2, 0) is 16.1 Å². The van der Waals surface area contributed by atoms with Crippen LogP contribution < -0.4 is 16.0 Å². The Morgan fingerprint density at radius 2 is 1.75 bits per heavy atom. The third-order valence-electron chi connectivity index (χ3n) is 5.22. The van der Waals surface area contributed by atoms with Gasteiger partial charge in [-0.2, -0.15) is 0 Å². The average Bonchev–Trinajstić information content (AvgIpc) is 3.29. The Morgan fingerprint density at radius 3 is 2.42 bits per heavy atom. The molecular formula is C26H26ClN5O3S. The average molecular weight is 524 g/mol. The zero-order valence-electron chi connectivity index (χ0n) is 19.6. The maximum absolute atomic E-state index is 13.4. The van der Waals surface area contributed by atoms with Gasteiger partial charge in [-0.15, -0.1) is 23.7 Å². The summed E-state index contributed by atoms with van der Waals surface area (Å²) in [6.45, 7) is 2.32. The van der Waals surface area contributed by atoms with Crippen LogP contribution in [0.4, 0.5) is 11.4 Å². The predicted octanol–water partition coefficient (Wildman–Crippen LogP) is 4.82. The third kappa shape index (κ3) is 6.38. The molecule has 10 heteroatoms. The first-order valence-electron chi connectivity index (χ1n) is 11.0. The molecule has 4 rings (SSSR count). The molecule has 0 spiro atoms. The van der Waals surface area contributed by atoms with E-state index in [-0.39, 0.29) is 37.3 Å². The zero-order chi connectivity index (χ0) is 24.8. The Morgan fingerprint density at radius 1 is 1.06 bits per heavy atom. The number of esters is 1. The monoisotopic (exact) mass is 523 g/mol. The number of amidine groups is 1. The number of hydrogen-bond donors (Lipinski definition) is 3. The number of para-hydroxylation sites is 1. The lowest BCUT2D eigenvalue weighted by atomic mass is 10.1. The van der Waals surface area contributed by atoms with Gasteiger partial charge in [0.15, 0.2) is 0 Å². The second-order valence-corrected chi connectivity index (χ2v) is 8.78. The molecule has 8 nitrogen and oxygen atoms in total. The lowest BCUT2D eigenvalue weighted by molar-refractivity contribution is -0.141. The van der Waals surface area contributed by atoms with E-state index in [9.17, 15) is 9.59 Å². The molecule has 0 bridgehead atoms. The molecule has 36 heavy (non-hydrogen) atoms. The molecule has 3 aromatic carbocycles. The van der Waals surface area contributed by atoms with Crippen molar-refractivity contribution in [1.29, 1.82) is 5.41 Å². The van der Waals surface area contributed by atoms with Crippen molar-refractivity contribution in [3.8, 4) is 0 Å². The van der Waals surface area contributed by atoms with E-state index in [1.807, 2.05) is 36.4 Å². The largest absolute Gasteiger partial charge is 0.465 e. The summed E-state index contributed by atoms with van der Waals surface area (Å²) in [4.78, 5) is 31.6. The quantitative estimate of drug-likeness (QED) is 0.164. The van der Waals surface area contributed by atoms with Gasteiger partial charge in [-0.25, -0.2) is 4.98 Å². The molecule has 0 aliphatic heterocycles. The van der Waals surface area contributed by atoms with E-state index in [4.69, 9.17) is 15.9 Å². The molecule has 0 aliphatic rings. The Balaban J connectivity index is 0.00000361. The van der Waals surface area contributed by atoms with Gasteiger partial charge in [0.2, 0.25) is 0 Å². The number of carbonyl (C=O) groups is 2. The van der Waals surface area contributed by atoms with Crippen molar-refractivity contribution in [2.24, 2.45) is 5.73 Å². The van der Waals surface area contributed by atoms with Gasteiger partial charge in [0.25, 0.3) is 5.91 Å². The molecule has 0 fully saturated rings.